The van der Waals surface area contributed by atoms with E-state index in [-0.39, 0.29) is 0 Å². The van der Waals surface area contributed by atoms with E-state index in [1.54, 1.807) is 0 Å². The minimum atomic E-state index is 0.805. The summed E-state index contributed by atoms with van der Waals surface area (Å²) in [6.07, 6.45) is 1.29. The van der Waals surface area contributed by atoms with E-state index in [0.717, 1.165) is 23.0 Å². The Labute approximate surface area is 106 Å². The van der Waals surface area contributed by atoms with E-state index in [1.807, 2.05) is 0 Å². The molecule has 1 aliphatic rings. The van der Waals surface area contributed by atoms with E-state index in [1.165, 1.54) is 32.6 Å². The van der Waals surface area contributed by atoms with Crippen molar-refractivity contribution in [2.45, 2.75) is 44.6 Å². The Morgan fingerprint density at radius 3 is 2.38 bits per heavy atom. The highest BCUT2D eigenvalue weighted by Gasteiger charge is 2.21. The van der Waals surface area contributed by atoms with Crippen molar-refractivity contribution in [3.05, 3.63) is 0 Å². The molecule has 1 saturated heterocycles. The van der Waals surface area contributed by atoms with Crippen LogP contribution in [-0.4, -0.2) is 48.1 Å². The van der Waals surface area contributed by atoms with Crippen LogP contribution in [0.2, 0.25) is 0 Å². The molecule has 0 aromatic rings. The highest BCUT2D eigenvalue weighted by atomic mass is 32.2. The Balaban J connectivity index is 2.04. The summed E-state index contributed by atoms with van der Waals surface area (Å²) in [6.45, 7) is 15.3. The second-order valence-corrected chi connectivity index (χ2v) is 7.33. The molecule has 2 nitrogen and oxygen atoms in total. The average molecular weight is 244 g/mol. The lowest BCUT2D eigenvalue weighted by Gasteiger charge is -2.34. The van der Waals surface area contributed by atoms with Gasteiger partial charge in [0.2, 0.25) is 0 Å². The molecule has 2 atom stereocenters. The second kappa shape index (κ2) is 7.57. The van der Waals surface area contributed by atoms with Gasteiger partial charge in [-0.15, -0.1) is 0 Å². The van der Waals surface area contributed by atoms with Gasteiger partial charge in [-0.05, 0) is 18.9 Å². The molecule has 0 radical (unpaired) electrons. The minimum Gasteiger partial charge on any atom is -0.315 e. The van der Waals surface area contributed by atoms with Crippen LogP contribution in [0.25, 0.3) is 0 Å². The van der Waals surface area contributed by atoms with Gasteiger partial charge in [0.05, 0.1) is 0 Å². The monoisotopic (exact) mass is 244 g/mol. The molecule has 96 valence electrons. The summed E-state index contributed by atoms with van der Waals surface area (Å²) < 4.78 is 0. The van der Waals surface area contributed by atoms with E-state index in [4.69, 9.17) is 0 Å². The molecule has 2 unspecified atom stereocenters. The Kier molecular flexibility index (Phi) is 6.78. The lowest BCUT2D eigenvalue weighted by Crippen LogP contribution is -2.43. The largest absolute Gasteiger partial charge is 0.315 e. The fourth-order valence-corrected chi connectivity index (χ4v) is 3.61. The zero-order valence-electron chi connectivity index (χ0n) is 11.3. The van der Waals surface area contributed by atoms with Gasteiger partial charge in [-0.3, -0.25) is 4.90 Å². The Bertz CT molecular complexity index is 175. The van der Waals surface area contributed by atoms with E-state index < -0.39 is 0 Å². The van der Waals surface area contributed by atoms with Crippen LogP contribution in [-0.2, 0) is 0 Å². The molecule has 0 aliphatic carbocycles. The fraction of sp³-hybridized carbons (Fsp3) is 1.00. The number of hydrogen-bond acceptors (Lipinski definition) is 3. The van der Waals surface area contributed by atoms with Crippen molar-refractivity contribution >= 4 is 11.8 Å². The molecule has 0 aromatic heterocycles. The van der Waals surface area contributed by atoms with Crippen LogP contribution < -0.4 is 5.32 Å². The Morgan fingerprint density at radius 2 is 1.81 bits per heavy atom. The summed E-state index contributed by atoms with van der Waals surface area (Å²) >= 11 is 2.13. The third-order valence-electron chi connectivity index (χ3n) is 3.00. The lowest BCUT2D eigenvalue weighted by molar-refractivity contribution is 0.270. The van der Waals surface area contributed by atoms with E-state index in [0.29, 0.717) is 0 Å². The van der Waals surface area contributed by atoms with Crippen LogP contribution in [0.3, 0.4) is 0 Å². The van der Waals surface area contributed by atoms with E-state index in [9.17, 15) is 0 Å². The first-order valence-electron chi connectivity index (χ1n) is 6.66. The quantitative estimate of drug-likeness (QED) is 0.723. The maximum atomic E-state index is 3.55. The first-order chi connectivity index (χ1) is 7.58. The maximum Gasteiger partial charge on any atom is 0.0149 e. The zero-order valence-corrected chi connectivity index (χ0v) is 12.1. The molecule has 1 rings (SSSR count). The van der Waals surface area contributed by atoms with Gasteiger partial charge in [0.15, 0.2) is 0 Å². The van der Waals surface area contributed by atoms with Crippen LogP contribution in [0.15, 0.2) is 0 Å². The fourth-order valence-electron chi connectivity index (χ4n) is 2.22. The Hall–Kier alpha value is 0.270. The summed E-state index contributed by atoms with van der Waals surface area (Å²) in [7, 11) is 0. The van der Waals surface area contributed by atoms with Gasteiger partial charge < -0.3 is 5.32 Å². The van der Waals surface area contributed by atoms with Crippen molar-refractivity contribution in [2.75, 3.05) is 32.7 Å². The molecule has 0 amide bonds. The first kappa shape index (κ1) is 14.3. The SMILES string of the molecule is CC(C)CCNCCN1CC(C)SC(C)C1. The third-order valence-corrected chi connectivity index (χ3v) is 4.23. The van der Waals surface area contributed by atoms with Crippen molar-refractivity contribution in [3.63, 3.8) is 0 Å². The van der Waals surface area contributed by atoms with E-state index in [2.05, 4.69) is 49.7 Å². The van der Waals surface area contributed by atoms with Gasteiger partial charge in [-0.2, -0.15) is 11.8 Å². The number of nitrogens with zero attached hydrogens (tertiary/aromatic N) is 1. The molecule has 0 aromatic carbocycles. The van der Waals surface area contributed by atoms with Crippen LogP contribution in [0.5, 0.6) is 0 Å². The predicted molar refractivity (Wildman–Crippen MR) is 75.3 cm³/mol. The van der Waals surface area contributed by atoms with Crippen molar-refractivity contribution in [1.29, 1.82) is 0 Å². The number of hydrogen-bond donors (Lipinski definition) is 1. The first-order valence-corrected chi connectivity index (χ1v) is 7.60. The summed E-state index contributed by atoms with van der Waals surface area (Å²) in [5.74, 6) is 0.818. The summed E-state index contributed by atoms with van der Waals surface area (Å²) in [5.41, 5.74) is 0. The second-order valence-electron chi connectivity index (χ2n) is 5.45. The van der Waals surface area contributed by atoms with E-state index >= 15 is 0 Å². The third kappa shape index (κ3) is 6.12. The molecular weight excluding hydrogens is 216 g/mol. The number of thioether (sulfide) groups is 1. The summed E-state index contributed by atoms with van der Waals surface area (Å²) in [6, 6.07) is 0. The number of rotatable bonds is 6. The van der Waals surface area contributed by atoms with Gasteiger partial charge in [0.1, 0.15) is 0 Å². The highest BCUT2D eigenvalue weighted by Crippen LogP contribution is 2.24. The van der Waals surface area contributed by atoms with Crippen LogP contribution in [0.1, 0.15) is 34.1 Å². The van der Waals surface area contributed by atoms with Gasteiger partial charge >= 0.3 is 0 Å². The molecule has 0 spiro atoms. The Morgan fingerprint density at radius 1 is 1.19 bits per heavy atom. The standard InChI is InChI=1S/C13H28N2S/c1-11(2)5-6-14-7-8-15-9-12(3)16-13(4)10-15/h11-14H,5-10H2,1-4H3. The molecule has 0 bridgehead atoms. The smallest absolute Gasteiger partial charge is 0.0149 e. The highest BCUT2D eigenvalue weighted by molar-refractivity contribution is 8.00. The van der Waals surface area contributed by atoms with Gasteiger partial charge in [-0.25, -0.2) is 0 Å². The van der Waals surface area contributed by atoms with Crippen LogP contribution in [0.4, 0.5) is 0 Å². The zero-order chi connectivity index (χ0) is 12.0. The normalized spacial score (nSPS) is 27.6. The average Bonchev–Trinajstić information content (AvgIpc) is 2.15. The minimum absolute atomic E-state index is 0.805. The molecule has 1 fully saturated rings. The molecule has 16 heavy (non-hydrogen) atoms. The van der Waals surface area contributed by atoms with Crippen molar-refractivity contribution in [1.82, 2.24) is 10.2 Å². The molecule has 1 aliphatic heterocycles. The maximum absolute atomic E-state index is 3.55. The molecule has 3 heteroatoms. The van der Waals surface area contributed by atoms with Crippen molar-refractivity contribution in [3.8, 4) is 0 Å². The molecule has 1 heterocycles. The molecule has 1 N–H and O–H groups in total. The molecule has 0 saturated carbocycles. The van der Waals surface area contributed by atoms with Crippen LogP contribution in [0, 0.1) is 5.92 Å². The summed E-state index contributed by atoms with van der Waals surface area (Å²) in [5, 5.41) is 5.16. The topological polar surface area (TPSA) is 15.3 Å². The lowest BCUT2D eigenvalue weighted by atomic mass is 10.1. The van der Waals surface area contributed by atoms with Crippen molar-refractivity contribution in [2.24, 2.45) is 5.92 Å². The molecular formula is C13H28N2S. The van der Waals surface area contributed by atoms with Gasteiger partial charge in [0.25, 0.3) is 0 Å². The summed E-state index contributed by atoms with van der Waals surface area (Å²) in [4.78, 5) is 2.61. The predicted octanol–water partition coefficient (Wildman–Crippen LogP) is 2.45. The van der Waals surface area contributed by atoms with Gasteiger partial charge in [-0.1, -0.05) is 27.7 Å². The number of nitrogens with one attached hydrogen (secondary N) is 1. The van der Waals surface area contributed by atoms with Crippen LogP contribution >= 0.6 is 11.8 Å². The van der Waals surface area contributed by atoms with Crippen molar-refractivity contribution < 1.29 is 0 Å². The van der Waals surface area contributed by atoms with Gasteiger partial charge in [0, 0.05) is 36.7 Å².